The third kappa shape index (κ3) is 5.80. The van der Waals surface area contributed by atoms with Gasteiger partial charge in [0.05, 0.1) is 29.7 Å². The second-order valence-corrected chi connectivity index (χ2v) is 14.0. The molecule has 8 N–H and O–H groups in total. The van der Waals surface area contributed by atoms with Crippen LogP contribution in [0.2, 0.25) is 0 Å². The van der Waals surface area contributed by atoms with Crippen LogP contribution < -0.4 is 37.5 Å². The molecule has 44 heavy (non-hydrogen) atoms. The summed E-state index contributed by atoms with van der Waals surface area (Å²) < 4.78 is 18.2. The van der Waals surface area contributed by atoms with Crippen molar-refractivity contribution in [1.29, 1.82) is 5.26 Å². The molecule has 5 heterocycles. The number of hydrogen-bond acceptors (Lipinski definition) is 13. The van der Waals surface area contributed by atoms with Crippen molar-refractivity contribution in [2.45, 2.75) is 69.1 Å². The number of anilines is 3. The van der Waals surface area contributed by atoms with Gasteiger partial charge in [-0.25, -0.2) is 4.39 Å². The first-order valence-electron chi connectivity index (χ1n) is 14.7. The molecule has 0 radical (unpaired) electrons. The number of aromatic nitrogens is 3. The van der Waals surface area contributed by atoms with Crippen LogP contribution in [0.3, 0.4) is 0 Å². The van der Waals surface area contributed by atoms with Gasteiger partial charge in [0.2, 0.25) is 11.9 Å². The molecule has 238 valence electrons. The lowest BCUT2D eigenvalue weighted by Gasteiger charge is -2.48. The van der Waals surface area contributed by atoms with Crippen LogP contribution in [0.15, 0.2) is 22.6 Å². The summed E-state index contributed by atoms with van der Waals surface area (Å²) in [4.78, 5) is 20.9. The van der Waals surface area contributed by atoms with E-state index in [4.69, 9.17) is 39.3 Å². The molecule has 6 rings (SSSR count). The summed E-state index contributed by atoms with van der Waals surface area (Å²) >= 11 is 7.37. The molecular formula is C29H41ClFN11OS. The van der Waals surface area contributed by atoms with Gasteiger partial charge in [-0.2, -0.15) is 20.2 Å². The predicted octanol–water partition coefficient (Wildman–Crippen LogP) is 2.68. The molecule has 1 spiro atoms. The van der Waals surface area contributed by atoms with E-state index >= 15 is 0 Å². The zero-order valence-corrected chi connectivity index (χ0v) is 27.2. The van der Waals surface area contributed by atoms with Crippen molar-refractivity contribution in [2.75, 3.05) is 55.9 Å². The van der Waals surface area contributed by atoms with Crippen molar-refractivity contribution in [2.24, 2.45) is 17.2 Å². The van der Waals surface area contributed by atoms with Gasteiger partial charge in [0.25, 0.3) is 0 Å². The summed E-state index contributed by atoms with van der Waals surface area (Å²) in [6.07, 6.45) is 6.10. The van der Waals surface area contributed by atoms with E-state index in [1.54, 1.807) is 11.9 Å². The number of nitriles is 1. The Balaban J connectivity index is 0.000000322. The number of ether oxygens (including phenoxy) is 1. The number of fused-ring (bicyclic) bond motifs is 3. The van der Waals surface area contributed by atoms with Gasteiger partial charge >= 0.3 is 6.01 Å². The van der Waals surface area contributed by atoms with E-state index in [0.29, 0.717) is 47.7 Å². The molecule has 3 fully saturated rings. The average Bonchev–Trinajstić information content (AvgIpc) is 3.66. The fraction of sp³-hybridized carbons (Fsp3) is 0.586. The van der Waals surface area contributed by atoms with Crippen molar-refractivity contribution in [3.8, 4) is 12.1 Å². The molecule has 3 atom stereocenters. The predicted molar refractivity (Wildman–Crippen MR) is 172 cm³/mol. The number of thiophene rings is 1. The highest BCUT2D eigenvalue weighted by atomic mass is 35.5. The van der Waals surface area contributed by atoms with E-state index in [-0.39, 0.29) is 34.0 Å². The number of rotatable bonds is 6. The Bertz CT molecular complexity index is 1510. The third-order valence-corrected chi connectivity index (χ3v) is 10.7. The molecule has 1 aliphatic carbocycles. The summed E-state index contributed by atoms with van der Waals surface area (Å²) in [7, 11) is 3.30. The maximum Gasteiger partial charge on any atom is 0.322 e. The lowest BCUT2D eigenvalue weighted by molar-refractivity contribution is 0.217. The lowest BCUT2D eigenvalue weighted by atomic mass is 9.74. The fourth-order valence-corrected chi connectivity index (χ4v) is 8.33. The first-order chi connectivity index (χ1) is 20.8. The van der Waals surface area contributed by atoms with E-state index in [0.717, 1.165) is 31.4 Å². The van der Waals surface area contributed by atoms with Crippen LogP contribution >= 0.6 is 22.9 Å². The van der Waals surface area contributed by atoms with Crippen molar-refractivity contribution in [1.82, 2.24) is 19.9 Å². The summed E-state index contributed by atoms with van der Waals surface area (Å²) in [5.74, 6) is 0.953. The molecule has 4 aliphatic rings. The number of likely N-dealkylation sites (N-methyl/N-ethyl adjacent to an activating group) is 1. The highest BCUT2D eigenvalue weighted by Crippen LogP contribution is 2.52. The van der Waals surface area contributed by atoms with Crippen molar-refractivity contribution in [3.63, 3.8) is 0 Å². The summed E-state index contributed by atoms with van der Waals surface area (Å²) in [5, 5.41) is 10.3. The number of hydrogen-bond donors (Lipinski definition) is 4. The molecule has 0 amide bonds. The quantitative estimate of drug-likeness (QED) is 0.266. The monoisotopic (exact) mass is 645 g/mol. The fourth-order valence-electron chi connectivity index (χ4n) is 7.07. The second-order valence-electron chi connectivity index (χ2n) is 12.4. The number of nitrogens with two attached hydrogens (primary N) is 4. The standard InChI is InChI=1S/C21H27ClN10OS.C8H14FN/c1-10(11(16(25)26)6-14(22)24)31(2)18-28-19(30-20(29-18)33-3)32-8-21(9-32)5-4-13-15(21)12(7-23)17(27)34-13;1-8-3-2-4-10(8)6-7(9)5-8/h6,10H,4-5,8-9,24-27H2,1-3H3;7H,2-6H2,1H3/b14-6-;. The Labute approximate surface area is 266 Å². The van der Waals surface area contributed by atoms with Gasteiger partial charge in [0.1, 0.15) is 17.2 Å². The number of aryl methyl sites for hydroxylation is 1. The Morgan fingerprint density at radius 3 is 2.61 bits per heavy atom. The SMILES string of the molecule is CC12CCCN1CC(F)C2.COc1nc(N2CC3(CCc4sc(N)c(C#N)c43)C2)nc(N(C)C(C)C(/C=C(\N)Cl)=C(N)N)n1. The zero-order valence-electron chi connectivity index (χ0n) is 25.6. The summed E-state index contributed by atoms with van der Waals surface area (Å²) in [6, 6.07) is 2.14. The highest BCUT2D eigenvalue weighted by molar-refractivity contribution is 7.16. The van der Waals surface area contributed by atoms with E-state index in [1.807, 2.05) is 6.92 Å². The van der Waals surface area contributed by atoms with Gasteiger partial charge in [-0.1, -0.05) is 11.6 Å². The molecule has 0 aromatic carbocycles. The molecule has 2 aromatic heterocycles. The molecule has 0 saturated carbocycles. The van der Waals surface area contributed by atoms with E-state index in [9.17, 15) is 9.65 Å². The summed E-state index contributed by atoms with van der Waals surface area (Å²) in [6.45, 7) is 7.25. The topological polar surface area (TPSA) is 185 Å². The van der Waals surface area contributed by atoms with Gasteiger partial charge in [-0.05, 0) is 64.1 Å². The number of nitrogens with zero attached hydrogens (tertiary/aromatic N) is 7. The van der Waals surface area contributed by atoms with Gasteiger partial charge in [-0.15, -0.1) is 11.3 Å². The van der Waals surface area contributed by atoms with Crippen LogP contribution in [0.5, 0.6) is 6.01 Å². The van der Waals surface area contributed by atoms with Crippen LogP contribution in [-0.4, -0.2) is 77.9 Å². The van der Waals surface area contributed by atoms with E-state index < -0.39 is 6.17 Å². The lowest BCUT2D eigenvalue weighted by Crippen LogP contribution is -2.59. The van der Waals surface area contributed by atoms with E-state index in [2.05, 4.69) is 37.7 Å². The normalized spacial score (nSPS) is 24.1. The Morgan fingerprint density at radius 2 is 2.00 bits per heavy atom. The van der Waals surface area contributed by atoms with Crippen LogP contribution in [0.4, 0.5) is 21.3 Å². The maximum absolute atomic E-state index is 12.8. The van der Waals surface area contributed by atoms with Crippen molar-refractivity contribution < 1.29 is 9.13 Å². The second kappa shape index (κ2) is 12.1. The minimum atomic E-state index is -0.551. The van der Waals surface area contributed by atoms with Gasteiger partial charge in [0, 0.05) is 48.1 Å². The van der Waals surface area contributed by atoms with Crippen LogP contribution in [0, 0.1) is 11.3 Å². The minimum absolute atomic E-state index is 0.0604. The molecule has 12 nitrogen and oxygen atoms in total. The van der Waals surface area contributed by atoms with Gasteiger partial charge in [-0.3, -0.25) is 4.90 Å². The number of halogens is 2. The molecule has 3 unspecified atom stereocenters. The maximum atomic E-state index is 12.8. The van der Waals surface area contributed by atoms with Gasteiger partial charge < -0.3 is 37.5 Å². The highest BCUT2D eigenvalue weighted by Gasteiger charge is 2.52. The third-order valence-electron chi connectivity index (χ3n) is 9.48. The Hall–Kier alpha value is -3.54. The average molecular weight is 646 g/mol. The first-order valence-corrected chi connectivity index (χ1v) is 15.9. The van der Waals surface area contributed by atoms with Crippen LogP contribution in [0.25, 0.3) is 0 Å². The van der Waals surface area contributed by atoms with E-state index in [1.165, 1.54) is 42.2 Å². The molecule has 15 heteroatoms. The van der Waals surface area contributed by atoms with Gasteiger partial charge in [0.15, 0.2) is 0 Å². The Morgan fingerprint density at radius 1 is 1.27 bits per heavy atom. The number of nitrogen functional groups attached to an aromatic ring is 1. The zero-order chi connectivity index (χ0) is 32.0. The molecule has 0 bridgehead atoms. The Kier molecular flexibility index (Phi) is 8.76. The molecular weight excluding hydrogens is 605 g/mol. The molecule has 2 aromatic rings. The smallest absolute Gasteiger partial charge is 0.322 e. The van der Waals surface area contributed by atoms with Crippen LogP contribution in [-0.2, 0) is 11.8 Å². The minimum Gasteiger partial charge on any atom is -0.467 e. The van der Waals surface area contributed by atoms with Crippen molar-refractivity contribution in [3.05, 3.63) is 38.6 Å². The van der Waals surface area contributed by atoms with Crippen molar-refractivity contribution >= 4 is 39.8 Å². The van der Waals surface area contributed by atoms with Crippen LogP contribution in [0.1, 0.15) is 55.5 Å². The number of methoxy groups -OCH3 is 1. The largest absolute Gasteiger partial charge is 0.467 e. The molecule has 3 aliphatic heterocycles. The first kappa shape index (κ1) is 31.9. The summed E-state index contributed by atoms with van der Waals surface area (Å²) in [5.41, 5.74) is 25.8. The molecule has 3 saturated heterocycles. The number of alkyl halides is 1.